The summed E-state index contributed by atoms with van der Waals surface area (Å²) < 4.78 is 0. The second-order valence-electron chi connectivity index (χ2n) is 7.39. The van der Waals surface area contributed by atoms with Crippen LogP contribution in [0, 0.1) is 6.92 Å². The number of aromatic nitrogens is 4. The highest BCUT2D eigenvalue weighted by Crippen LogP contribution is 2.21. The molecule has 0 bridgehead atoms. The van der Waals surface area contributed by atoms with Gasteiger partial charge in [-0.15, -0.1) is 0 Å². The monoisotopic (exact) mass is 355 g/mol. The molecule has 1 aliphatic rings. The standard InChI is InChI=1S/C19H29N7/c1-13(2)17-22-18(24-19(23-17)25(4)5)20-12-15-10-14(3)21-16(11-15)26-8-6-7-9-26/h10-11,13H,6-9,12H2,1-5H3,(H,20,22,23,24). The van der Waals surface area contributed by atoms with Crippen LogP contribution in [0.1, 0.15) is 49.7 Å². The lowest BCUT2D eigenvalue weighted by atomic mass is 10.2. The first kappa shape index (κ1) is 18.4. The van der Waals surface area contributed by atoms with Gasteiger partial charge in [-0.25, -0.2) is 4.98 Å². The Morgan fingerprint density at radius 3 is 2.46 bits per heavy atom. The molecule has 1 aliphatic heterocycles. The van der Waals surface area contributed by atoms with E-state index in [2.05, 4.69) is 51.1 Å². The van der Waals surface area contributed by atoms with Gasteiger partial charge in [0.2, 0.25) is 11.9 Å². The zero-order valence-electron chi connectivity index (χ0n) is 16.5. The van der Waals surface area contributed by atoms with E-state index in [9.17, 15) is 0 Å². The zero-order valence-corrected chi connectivity index (χ0v) is 16.5. The molecule has 0 atom stereocenters. The van der Waals surface area contributed by atoms with Crippen LogP contribution in [0.15, 0.2) is 12.1 Å². The molecule has 3 heterocycles. The van der Waals surface area contributed by atoms with Crippen molar-refractivity contribution in [3.8, 4) is 0 Å². The summed E-state index contributed by atoms with van der Waals surface area (Å²) in [5.74, 6) is 3.42. The van der Waals surface area contributed by atoms with E-state index in [4.69, 9.17) is 4.98 Å². The van der Waals surface area contributed by atoms with Gasteiger partial charge in [0.1, 0.15) is 11.6 Å². The highest BCUT2D eigenvalue weighted by atomic mass is 15.3. The van der Waals surface area contributed by atoms with Gasteiger partial charge >= 0.3 is 0 Å². The van der Waals surface area contributed by atoms with E-state index in [0.717, 1.165) is 30.4 Å². The average molecular weight is 355 g/mol. The van der Waals surface area contributed by atoms with Crippen LogP contribution in [0.3, 0.4) is 0 Å². The molecule has 0 saturated carbocycles. The summed E-state index contributed by atoms with van der Waals surface area (Å²) in [5.41, 5.74) is 2.23. The maximum atomic E-state index is 4.70. The Kier molecular flexibility index (Phi) is 5.54. The van der Waals surface area contributed by atoms with Gasteiger partial charge in [0.05, 0.1) is 0 Å². The minimum absolute atomic E-state index is 0.252. The highest BCUT2D eigenvalue weighted by Gasteiger charge is 2.15. The number of nitrogens with one attached hydrogen (secondary N) is 1. The molecule has 0 aromatic carbocycles. The predicted octanol–water partition coefficient (Wildman–Crippen LogP) is 2.98. The number of hydrogen-bond donors (Lipinski definition) is 1. The summed E-state index contributed by atoms with van der Waals surface area (Å²) in [7, 11) is 3.88. The van der Waals surface area contributed by atoms with E-state index in [1.165, 1.54) is 18.4 Å². The Labute approximate surface area is 155 Å². The molecule has 7 heteroatoms. The average Bonchev–Trinajstić information content (AvgIpc) is 3.14. The quantitative estimate of drug-likeness (QED) is 0.854. The van der Waals surface area contributed by atoms with Crippen LogP contribution in [-0.4, -0.2) is 47.1 Å². The maximum Gasteiger partial charge on any atom is 0.229 e. The summed E-state index contributed by atoms with van der Waals surface area (Å²) in [6.45, 7) is 9.09. The summed E-state index contributed by atoms with van der Waals surface area (Å²) >= 11 is 0. The zero-order chi connectivity index (χ0) is 18.7. The van der Waals surface area contributed by atoms with E-state index < -0.39 is 0 Å². The molecule has 0 spiro atoms. The van der Waals surface area contributed by atoms with Crippen LogP contribution in [0.25, 0.3) is 0 Å². The van der Waals surface area contributed by atoms with Crippen LogP contribution >= 0.6 is 0 Å². The molecule has 2 aromatic heterocycles. The fourth-order valence-corrected chi connectivity index (χ4v) is 3.03. The molecular formula is C19H29N7. The molecule has 7 nitrogen and oxygen atoms in total. The Morgan fingerprint density at radius 2 is 1.81 bits per heavy atom. The predicted molar refractivity (Wildman–Crippen MR) is 106 cm³/mol. The van der Waals surface area contributed by atoms with Gasteiger partial charge in [-0.2, -0.15) is 15.0 Å². The Morgan fingerprint density at radius 1 is 1.08 bits per heavy atom. The molecule has 140 valence electrons. The Hall–Kier alpha value is -2.44. The molecule has 2 aromatic rings. The van der Waals surface area contributed by atoms with E-state index in [1.54, 1.807) is 0 Å². The normalized spacial score (nSPS) is 14.2. The summed E-state index contributed by atoms with van der Waals surface area (Å²) in [5, 5.41) is 3.36. The van der Waals surface area contributed by atoms with Crippen molar-refractivity contribution in [3.05, 3.63) is 29.2 Å². The number of rotatable bonds is 6. The molecule has 0 unspecified atom stereocenters. The van der Waals surface area contributed by atoms with Crippen molar-refractivity contribution in [1.29, 1.82) is 0 Å². The molecule has 1 N–H and O–H groups in total. The summed E-state index contributed by atoms with van der Waals surface area (Å²) in [4.78, 5) is 22.6. The van der Waals surface area contributed by atoms with E-state index in [1.807, 2.05) is 25.9 Å². The highest BCUT2D eigenvalue weighted by molar-refractivity contribution is 5.45. The van der Waals surface area contributed by atoms with Crippen LogP contribution in [0.2, 0.25) is 0 Å². The molecule has 0 aliphatic carbocycles. The first-order valence-corrected chi connectivity index (χ1v) is 9.32. The lowest BCUT2D eigenvalue weighted by molar-refractivity contribution is 0.754. The fourth-order valence-electron chi connectivity index (χ4n) is 3.03. The minimum atomic E-state index is 0.252. The van der Waals surface area contributed by atoms with Crippen LogP contribution in [0.5, 0.6) is 0 Å². The number of nitrogens with zero attached hydrogens (tertiary/aromatic N) is 6. The third-order valence-electron chi connectivity index (χ3n) is 4.44. The number of anilines is 3. The molecule has 26 heavy (non-hydrogen) atoms. The van der Waals surface area contributed by atoms with Gasteiger partial charge in [-0.1, -0.05) is 13.8 Å². The van der Waals surface area contributed by atoms with Crippen molar-refractivity contribution in [2.45, 2.75) is 46.1 Å². The second kappa shape index (κ2) is 7.85. The van der Waals surface area contributed by atoms with Crippen LogP contribution < -0.4 is 15.1 Å². The third kappa shape index (κ3) is 4.39. The molecule has 3 rings (SSSR count). The topological polar surface area (TPSA) is 70.1 Å². The van der Waals surface area contributed by atoms with Crippen molar-refractivity contribution in [2.75, 3.05) is 42.3 Å². The largest absolute Gasteiger partial charge is 0.357 e. The van der Waals surface area contributed by atoms with Gasteiger partial charge in [-0.3, -0.25) is 0 Å². The maximum absolute atomic E-state index is 4.70. The van der Waals surface area contributed by atoms with Crippen LogP contribution in [0.4, 0.5) is 17.7 Å². The van der Waals surface area contributed by atoms with Gasteiger partial charge in [0.25, 0.3) is 0 Å². The van der Waals surface area contributed by atoms with Gasteiger partial charge in [-0.05, 0) is 37.5 Å². The van der Waals surface area contributed by atoms with E-state index in [0.29, 0.717) is 18.4 Å². The van der Waals surface area contributed by atoms with E-state index in [-0.39, 0.29) is 5.92 Å². The van der Waals surface area contributed by atoms with Crippen molar-refractivity contribution >= 4 is 17.7 Å². The third-order valence-corrected chi connectivity index (χ3v) is 4.44. The molecule has 1 saturated heterocycles. The smallest absolute Gasteiger partial charge is 0.229 e. The Balaban J connectivity index is 1.78. The lowest BCUT2D eigenvalue weighted by Gasteiger charge is -2.18. The molecule has 1 fully saturated rings. The van der Waals surface area contributed by atoms with E-state index >= 15 is 0 Å². The second-order valence-corrected chi connectivity index (χ2v) is 7.39. The SMILES string of the molecule is Cc1cc(CNc2nc(C(C)C)nc(N(C)C)n2)cc(N2CCCC2)n1. The van der Waals surface area contributed by atoms with Crippen molar-refractivity contribution in [2.24, 2.45) is 0 Å². The van der Waals surface area contributed by atoms with Gasteiger partial charge < -0.3 is 15.1 Å². The number of pyridine rings is 1. The molecule has 0 radical (unpaired) electrons. The van der Waals surface area contributed by atoms with Crippen molar-refractivity contribution in [1.82, 2.24) is 19.9 Å². The van der Waals surface area contributed by atoms with Gasteiger partial charge in [0.15, 0.2) is 0 Å². The van der Waals surface area contributed by atoms with Crippen LogP contribution in [-0.2, 0) is 6.54 Å². The number of hydrogen-bond acceptors (Lipinski definition) is 7. The Bertz CT molecular complexity index is 725. The fraction of sp³-hybridized carbons (Fsp3) is 0.579. The molecule has 0 amide bonds. The first-order chi connectivity index (χ1) is 12.4. The summed E-state index contributed by atoms with van der Waals surface area (Å²) in [6, 6.07) is 4.28. The van der Waals surface area contributed by atoms with Crippen molar-refractivity contribution in [3.63, 3.8) is 0 Å². The number of aryl methyl sites for hydroxylation is 1. The first-order valence-electron chi connectivity index (χ1n) is 9.32. The minimum Gasteiger partial charge on any atom is -0.357 e. The van der Waals surface area contributed by atoms with Crippen molar-refractivity contribution < 1.29 is 0 Å². The summed E-state index contributed by atoms with van der Waals surface area (Å²) in [6.07, 6.45) is 2.50. The molecular weight excluding hydrogens is 326 g/mol. The van der Waals surface area contributed by atoms with Gasteiger partial charge in [0, 0.05) is 45.3 Å². The lowest BCUT2D eigenvalue weighted by Crippen LogP contribution is -2.20.